The number of H-pyrrole nitrogens is 2. The van der Waals surface area contributed by atoms with Crippen LogP contribution in [0.1, 0.15) is 35.3 Å². The fourth-order valence-corrected chi connectivity index (χ4v) is 4.42. The number of aromatic amines is 2. The molecular formula is C20H23N7O2. The topological polar surface area (TPSA) is 120 Å². The molecule has 29 heavy (non-hydrogen) atoms. The van der Waals surface area contributed by atoms with E-state index in [0.717, 1.165) is 37.9 Å². The molecule has 0 spiro atoms. The van der Waals surface area contributed by atoms with Crippen LogP contribution in [-0.2, 0) is 11.2 Å². The fourth-order valence-electron chi connectivity index (χ4n) is 4.42. The summed E-state index contributed by atoms with van der Waals surface area (Å²) in [4.78, 5) is 38.4. The van der Waals surface area contributed by atoms with Gasteiger partial charge < -0.3 is 15.2 Å². The van der Waals surface area contributed by atoms with Crippen LogP contribution in [0.25, 0.3) is 11.2 Å². The molecule has 3 aromatic rings. The van der Waals surface area contributed by atoms with E-state index in [0.29, 0.717) is 35.1 Å². The first kappa shape index (κ1) is 17.8. The molecule has 2 aliphatic rings. The maximum Gasteiger partial charge on any atom is 0.271 e. The average molecular weight is 393 g/mol. The summed E-state index contributed by atoms with van der Waals surface area (Å²) in [5, 5.41) is 9.70. The Morgan fingerprint density at radius 3 is 2.97 bits per heavy atom. The number of carbonyl (C=O) groups excluding carboxylic acids is 2. The molecule has 1 atom stereocenters. The van der Waals surface area contributed by atoms with Gasteiger partial charge in [0.2, 0.25) is 5.91 Å². The lowest BCUT2D eigenvalue weighted by molar-refractivity contribution is -0.129. The normalized spacial score (nSPS) is 23.9. The van der Waals surface area contributed by atoms with Crippen molar-refractivity contribution < 1.29 is 9.59 Å². The van der Waals surface area contributed by atoms with Crippen LogP contribution in [0, 0.1) is 11.8 Å². The number of carbonyl (C=O) groups is 2. The van der Waals surface area contributed by atoms with Gasteiger partial charge in [0.25, 0.3) is 5.91 Å². The number of hydrogen-bond donors (Lipinski definition) is 3. The highest BCUT2D eigenvalue weighted by molar-refractivity contribution is 5.93. The fraction of sp³-hybridized carbons (Fsp3) is 0.450. The Bertz CT molecular complexity index is 1020. The molecule has 2 fully saturated rings. The lowest BCUT2D eigenvalue weighted by Crippen LogP contribution is -2.47. The second-order valence-corrected chi connectivity index (χ2v) is 8.04. The smallest absolute Gasteiger partial charge is 0.271 e. The highest BCUT2D eigenvalue weighted by Crippen LogP contribution is 2.38. The standard InChI is InChI=1S/C20H23N7O2/c28-18(5-12-8-23-24-9-12)27-4-2-13(11-27)14-6-15(7-14)25-20(29)17-10-22-19-16(26-17)1-3-21-19/h1,3,8-10,13-15H,2,4-7,11H2,(H,21,22)(H,23,24)(H,25,29). The van der Waals surface area contributed by atoms with Gasteiger partial charge in [0, 0.05) is 31.5 Å². The summed E-state index contributed by atoms with van der Waals surface area (Å²) in [6.07, 6.45) is 10.1. The van der Waals surface area contributed by atoms with Crippen LogP contribution >= 0.6 is 0 Å². The number of amides is 2. The minimum Gasteiger partial charge on any atom is -0.348 e. The molecule has 1 saturated heterocycles. The van der Waals surface area contributed by atoms with Gasteiger partial charge >= 0.3 is 0 Å². The molecule has 4 heterocycles. The van der Waals surface area contributed by atoms with Crippen molar-refractivity contribution >= 4 is 23.0 Å². The number of fused-ring (bicyclic) bond motifs is 1. The van der Waals surface area contributed by atoms with Gasteiger partial charge in [-0.05, 0) is 42.7 Å². The van der Waals surface area contributed by atoms with Crippen molar-refractivity contribution in [2.24, 2.45) is 11.8 Å². The van der Waals surface area contributed by atoms with Crippen LogP contribution in [0.2, 0.25) is 0 Å². The Kier molecular flexibility index (Phi) is 4.49. The first-order chi connectivity index (χ1) is 14.2. The first-order valence-electron chi connectivity index (χ1n) is 10.0. The van der Waals surface area contributed by atoms with Crippen LogP contribution in [0.3, 0.4) is 0 Å². The molecule has 9 heteroatoms. The van der Waals surface area contributed by atoms with E-state index >= 15 is 0 Å². The van der Waals surface area contributed by atoms with Gasteiger partial charge in [-0.3, -0.25) is 14.7 Å². The van der Waals surface area contributed by atoms with Gasteiger partial charge in [-0.25, -0.2) is 9.97 Å². The third-order valence-electron chi connectivity index (χ3n) is 6.16. The predicted octanol–water partition coefficient (Wildman–Crippen LogP) is 1.28. The van der Waals surface area contributed by atoms with E-state index in [1.165, 1.54) is 6.20 Å². The van der Waals surface area contributed by atoms with E-state index in [4.69, 9.17) is 0 Å². The lowest BCUT2D eigenvalue weighted by Gasteiger charge is -2.39. The average Bonchev–Trinajstić information content (AvgIpc) is 3.44. The molecular weight excluding hydrogens is 370 g/mol. The Morgan fingerprint density at radius 1 is 1.24 bits per heavy atom. The van der Waals surface area contributed by atoms with Crippen LogP contribution in [0.15, 0.2) is 30.9 Å². The van der Waals surface area contributed by atoms with Crippen molar-refractivity contribution in [1.29, 1.82) is 0 Å². The Labute approximate surface area is 167 Å². The van der Waals surface area contributed by atoms with Crippen molar-refractivity contribution in [3.63, 3.8) is 0 Å². The summed E-state index contributed by atoms with van der Waals surface area (Å²) < 4.78 is 0. The van der Waals surface area contributed by atoms with E-state index in [9.17, 15) is 9.59 Å². The van der Waals surface area contributed by atoms with Crippen molar-refractivity contribution in [1.82, 2.24) is 35.4 Å². The summed E-state index contributed by atoms with van der Waals surface area (Å²) >= 11 is 0. The highest BCUT2D eigenvalue weighted by Gasteiger charge is 2.39. The molecule has 3 aromatic heterocycles. The van der Waals surface area contributed by atoms with Gasteiger partial charge in [0.15, 0.2) is 5.65 Å². The molecule has 0 aromatic carbocycles. The third kappa shape index (κ3) is 3.59. The molecule has 3 N–H and O–H groups in total. The first-order valence-corrected chi connectivity index (χ1v) is 10.0. The van der Waals surface area contributed by atoms with Crippen LogP contribution < -0.4 is 5.32 Å². The zero-order chi connectivity index (χ0) is 19.8. The van der Waals surface area contributed by atoms with Crippen LogP contribution in [0.4, 0.5) is 0 Å². The SMILES string of the molecule is O=C(NC1CC(C2CCN(C(=O)Cc3cn[nH]c3)C2)C1)c1cnc2[nH]ccc2n1. The minimum absolute atomic E-state index is 0.164. The Balaban J connectivity index is 1.10. The quantitative estimate of drug-likeness (QED) is 0.603. The molecule has 150 valence electrons. The van der Waals surface area contributed by atoms with E-state index in [1.54, 1.807) is 24.7 Å². The molecule has 0 bridgehead atoms. The summed E-state index contributed by atoms with van der Waals surface area (Å²) in [7, 11) is 0. The van der Waals surface area contributed by atoms with Crippen molar-refractivity contribution in [2.75, 3.05) is 13.1 Å². The molecule has 1 aliphatic heterocycles. The van der Waals surface area contributed by atoms with E-state index in [1.807, 2.05) is 4.90 Å². The predicted molar refractivity (Wildman–Crippen MR) is 105 cm³/mol. The van der Waals surface area contributed by atoms with Crippen molar-refractivity contribution in [2.45, 2.75) is 31.7 Å². The number of likely N-dealkylation sites (tertiary alicyclic amines) is 1. The molecule has 1 unspecified atom stereocenters. The van der Waals surface area contributed by atoms with Gasteiger partial charge in [-0.1, -0.05) is 0 Å². The minimum atomic E-state index is -0.174. The lowest BCUT2D eigenvalue weighted by atomic mass is 9.72. The highest BCUT2D eigenvalue weighted by atomic mass is 16.2. The summed E-state index contributed by atoms with van der Waals surface area (Å²) in [5.74, 6) is 1.07. The van der Waals surface area contributed by atoms with Gasteiger partial charge in [-0.15, -0.1) is 0 Å². The molecule has 1 aliphatic carbocycles. The third-order valence-corrected chi connectivity index (χ3v) is 6.16. The number of hydrogen-bond acceptors (Lipinski definition) is 5. The largest absolute Gasteiger partial charge is 0.348 e. The van der Waals surface area contributed by atoms with Gasteiger partial charge in [0.05, 0.1) is 18.8 Å². The van der Waals surface area contributed by atoms with Crippen molar-refractivity contribution in [3.05, 3.63) is 42.1 Å². The molecule has 9 nitrogen and oxygen atoms in total. The molecule has 1 saturated carbocycles. The van der Waals surface area contributed by atoms with E-state index < -0.39 is 0 Å². The molecule has 2 amide bonds. The van der Waals surface area contributed by atoms with Crippen LogP contribution in [-0.4, -0.2) is 61.0 Å². The number of aromatic nitrogens is 5. The number of rotatable bonds is 5. The second kappa shape index (κ2) is 7.31. The van der Waals surface area contributed by atoms with Gasteiger partial charge in [0.1, 0.15) is 11.2 Å². The van der Waals surface area contributed by atoms with Gasteiger partial charge in [-0.2, -0.15) is 5.10 Å². The summed E-state index contributed by atoms with van der Waals surface area (Å²) in [6, 6.07) is 1.98. The number of nitrogens with zero attached hydrogens (tertiary/aromatic N) is 4. The molecule has 5 rings (SSSR count). The Hall–Kier alpha value is -3.23. The maximum atomic E-state index is 12.4. The van der Waals surface area contributed by atoms with Crippen LogP contribution in [0.5, 0.6) is 0 Å². The zero-order valence-electron chi connectivity index (χ0n) is 16.0. The maximum absolute atomic E-state index is 12.4. The second-order valence-electron chi connectivity index (χ2n) is 8.04. The van der Waals surface area contributed by atoms with E-state index in [-0.39, 0.29) is 17.9 Å². The van der Waals surface area contributed by atoms with E-state index in [2.05, 4.69) is 30.5 Å². The summed E-state index contributed by atoms with van der Waals surface area (Å²) in [6.45, 7) is 1.64. The summed E-state index contributed by atoms with van der Waals surface area (Å²) in [5.41, 5.74) is 2.64. The zero-order valence-corrected chi connectivity index (χ0v) is 16.0. The Morgan fingerprint density at radius 2 is 2.14 bits per heavy atom. The number of nitrogens with one attached hydrogen (secondary N) is 3. The molecule has 0 radical (unpaired) electrons. The monoisotopic (exact) mass is 393 g/mol. The van der Waals surface area contributed by atoms with Crippen molar-refractivity contribution in [3.8, 4) is 0 Å².